The van der Waals surface area contributed by atoms with Crippen LogP contribution in [0.15, 0.2) is 60.8 Å². The van der Waals surface area contributed by atoms with E-state index in [2.05, 4.69) is 15.0 Å². The lowest BCUT2D eigenvalue weighted by molar-refractivity contribution is 0.0692. The highest BCUT2D eigenvalue weighted by Gasteiger charge is 2.23. The minimum Gasteiger partial charge on any atom is -0.494 e. The third kappa shape index (κ3) is 2.23. The van der Waals surface area contributed by atoms with E-state index in [-0.39, 0.29) is 11.6 Å². The van der Waals surface area contributed by atoms with Crippen LogP contribution in [-0.2, 0) is 0 Å². The molecule has 0 radical (unpaired) electrons. The Morgan fingerprint density at radius 1 is 0.852 bits per heavy atom. The van der Waals surface area contributed by atoms with Crippen LogP contribution in [0.25, 0.3) is 44.2 Å². The number of H-pyrrole nitrogens is 3. The summed E-state index contributed by atoms with van der Waals surface area (Å²) in [6.07, 6.45) is 1.85. The van der Waals surface area contributed by atoms with Crippen LogP contribution >= 0.6 is 0 Å². The highest BCUT2D eigenvalue weighted by molar-refractivity contribution is 6.06. The summed E-state index contributed by atoms with van der Waals surface area (Å²) in [6, 6.07) is 17.0. The highest BCUT2D eigenvalue weighted by atomic mass is 16.4. The van der Waals surface area contributed by atoms with Gasteiger partial charge in [0.25, 0.3) is 0 Å². The van der Waals surface area contributed by atoms with Crippen LogP contribution in [0.5, 0.6) is 5.88 Å². The number of carboxylic acid groups (broad SMARTS) is 1. The smallest absolute Gasteiger partial charge is 0.352 e. The molecule has 132 valence electrons. The van der Waals surface area contributed by atoms with Crippen LogP contribution in [0.1, 0.15) is 10.5 Å². The number of aromatic carboxylic acids is 1. The number of fused-ring (bicyclic) bond motifs is 2. The SMILES string of the molecule is O=C(O)c1[nH]c(-c2c[nH]c3ccccc23)cc1-c1c(O)[nH]c2ccccc12. The van der Waals surface area contributed by atoms with Gasteiger partial charge < -0.3 is 25.2 Å². The fourth-order valence-electron chi connectivity index (χ4n) is 3.66. The van der Waals surface area contributed by atoms with E-state index in [4.69, 9.17) is 0 Å². The monoisotopic (exact) mass is 357 g/mol. The largest absolute Gasteiger partial charge is 0.494 e. The Bertz CT molecular complexity index is 1320. The predicted molar refractivity (Wildman–Crippen MR) is 104 cm³/mol. The van der Waals surface area contributed by atoms with E-state index in [1.807, 2.05) is 54.7 Å². The van der Waals surface area contributed by atoms with Crippen molar-refractivity contribution in [1.82, 2.24) is 15.0 Å². The number of aromatic hydroxyl groups is 1. The maximum atomic E-state index is 11.9. The maximum Gasteiger partial charge on any atom is 0.352 e. The number of nitrogens with one attached hydrogen (secondary N) is 3. The first-order chi connectivity index (χ1) is 13.1. The van der Waals surface area contributed by atoms with Gasteiger partial charge in [0.05, 0.1) is 5.56 Å². The summed E-state index contributed by atoms with van der Waals surface area (Å²) in [5, 5.41) is 21.9. The Kier molecular flexibility index (Phi) is 3.14. The maximum absolute atomic E-state index is 11.9. The number of hydrogen-bond donors (Lipinski definition) is 5. The average Bonchev–Trinajstić information content (AvgIpc) is 3.34. The van der Waals surface area contributed by atoms with Gasteiger partial charge in [-0.1, -0.05) is 36.4 Å². The number of carboxylic acids is 1. The molecule has 0 unspecified atom stereocenters. The van der Waals surface area contributed by atoms with Crippen molar-refractivity contribution in [3.63, 3.8) is 0 Å². The Hall–Kier alpha value is -3.93. The Morgan fingerprint density at radius 3 is 2.33 bits per heavy atom. The van der Waals surface area contributed by atoms with Crippen molar-refractivity contribution in [2.45, 2.75) is 0 Å². The third-order valence-electron chi connectivity index (χ3n) is 4.87. The van der Waals surface area contributed by atoms with Gasteiger partial charge >= 0.3 is 5.97 Å². The van der Waals surface area contributed by atoms with Gasteiger partial charge in [0.2, 0.25) is 0 Å². The molecule has 0 atom stereocenters. The number of hydrogen-bond acceptors (Lipinski definition) is 2. The molecule has 3 heterocycles. The first-order valence-electron chi connectivity index (χ1n) is 8.46. The van der Waals surface area contributed by atoms with Crippen LogP contribution in [0.2, 0.25) is 0 Å². The van der Waals surface area contributed by atoms with Crippen molar-refractivity contribution in [3.8, 4) is 28.3 Å². The lowest BCUT2D eigenvalue weighted by Gasteiger charge is -1.99. The van der Waals surface area contributed by atoms with Gasteiger partial charge in [-0.15, -0.1) is 0 Å². The van der Waals surface area contributed by atoms with E-state index >= 15 is 0 Å². The molecule has 5 N–H and O–H groups in total. The first-order valence-corrected chi connectivity index (χ1v) is 8.46. The molecule has 0 saturated carbocycles. The van der Waals surface area contributed by atoms with Crippen LogP contribution < -0.4 is 0 Å². The Labute approximate surface area is 153 Å². The van der Waals surface area contributed by atoms with Crippen molar-refractivity contribution in [2.24, 2.45) is 0 Å². The molecule has 0 spiro atoms. The fraction of sp³-hybridized carbons (Fsp3) is 0. The molecular weight excluding hydrogens is 342 g/mol. The fourth-order valence-corrected chi connectivity index (χ4v) is 3.66. The van der Waals surface area contributed by atoms with Gasteiger partial charge in [-0.25, -0.2) is 4.79 Å². The topological polar surface area (TPSA) is 105 Å². The lowest BCUT2D eigenvalue weighted by atomic mass is 10.0. The molecule has 0 amide bonds. The van der Waals surface area contributed by atoms with Crippen LogP contribution in [0, 0.1) is 0 Å². The molecule has 2 aromatic carbocycles. The van der Waals surface area contributed by atoms with E-state index in [0.717, 1.165) is 27.4 Å². The summed E-state index contributed by atoms with van der Waals surface area (Å²) in [5.41, 5.74) is 4.22. The summed E-state index contributed by atoms with van der Waals surface area (Å²) in [6.45, 7) is 0. The number of aromatic amines is 3. The van der Waals surface area contributed by atoms with Crippen molar-refractivity contribution in [2.75, 3.05) is 0 Å². The summed E-state index contributed by atoms with van der Waals surface area (Å²) in [4.78, 5) is 21.0. The van der Waals surface area contributed by atoms with Gasteiger partial charge in [-0.2, -0.15) is 0 Å². The number of para-hydroxylation sites is 2. The average molecular weight is 357 g/mol. The molecule has 6 heteroatoms. The molecule has 27 heavy (non-hydrogen) atoms. The van der Waals surface area contributed by atoms with Crippen molar-refractivity contribution < 1.29 is 15.0 Å². The standard InChI is InChI=1S/C21H15N3O3/c25-20-18(12-6-2-4-8-16(12)24-20)13-9-17(23-19(13)21(26)27)14-10-22-15-7-3-1-5-11(14)15/h1-10,22-25H,(H,26,27). The molecule has 0 aliphatic rings. The van der Waals surface area contributed by atoms with E-state index < -0.39 is 5.97 Å². The van der Waals surface area contributed by atoms with Crippen LogP contribution in [0.3, 0.4) is 0 Å². The number of carbonyl (C=O) groups is 1. The van der Waals surface area contributed by atoms with Gasteiger partial charge in [-0.3, -0.25) is 0 Å². The van der Waals surface area contributed by atoms with Crippen LogP contribution in [0.4, 0.5) is 0 Å². The van der Waals surface area contributed by atoms with E-state index in [0.29, 0.717) is 16.8 Å². The van der Waals surface area contributed by atoms with Crippen molar-refractivity contribution in [3.05, 3.63) is 66.5 Å². The summed E-state index contributed by atoms with van der Waals surface area (Å²) in [7, 11) is 0. The molecule has 6 nitrogen and oxygen atoms in total. The van der Waals surface area contributed by atoms with Crippen molar-refractivity contribution in [1.29, 1.82) is 0 Å². The first kappa shape index (κ1) is 15.3. The zero-order valence-corrected chi connectivity index (χ0v) is 14.1. The van der Waals surface area contributed by atoms with Gasteiger partial charge in [0, 0.05) is 44.8 Å². The number of aromatic nitrogens is 3. The second-order valence-corrected chi connectivity index (χ2v) is 6.42. The van der Waals surface area contributed by atoms with Gasteiger partial charge in [0.1, 0.15) is 5.69 Å². The molecule has 5 rings (SSSR count). The summed E-state index contributed by atoms with van der Waals surface area (Å²) < 4.78 is 0. The highest BCUT2D eigenvalue weighted by Crippen LogP contribution is 2.41. The molecule has 3 aromatic heterocycles. The molecule has 0 bridgehead atoms. The predicted octanol–water partition coefficient (Wildman–Crippen LogP) is 4.72. The summed E-state index contributed by atoms with van der Waals surface area (Å²) in [5.74, 6) is -1.14. The van der Waals surface area contributed by atoms with Crippen molar-refractivity contribution >= 4 is 27.8 Å². The minimum absolute atomic E-state index is 0.0373. The second-order valence-electron chi connectivity index (χ2n) is 6.42. The second kappa shape index (κ2) is 5.54. The Balaban J connectivity index is 1.78. The van der Waals surface area contributed by atoms with E-state index in [1.165, 1.54) is 0 Å². The zero-order valence-electron chi connectivity index (χ0n) is 14.1. The molecule has 0 aliphatic carbocycles. The van der Waals surface area contributed by atoms with Gasteiger partial charge in [0.15, 0.2) is 5.88 Å². The number of rotatable bonds is 3. The number of benzene rings is 2. The molecule has 5 aromatic rings. The molecule has 0 fully saturated rings. The van der Waals surface area contributed by atoms with E-state index in [1.54, 1.807) is 6.07 Å². The Morgan fingerprint density at radius 2 is 1.56 bits per heavy atom. The quantitative estimate of drug-likeness (QED) is 0.323. The third-order valence-corrected chi connectivity index (χ3v) is 4.87. The molecule has 0 aliphatic heterocycles. The van der Waals surface area contributed by atoms with E-state index in [9.17, 15) is 15.0 Å². The zero-order chi connectivity index (χ0) is 18.5. The minimum atomic E-state index is -1.08. The van der Waals surface area contributed by atoms with Gasteiger partial charge in [-0.05, 0) is 18.2 Å². The molecule has 0 saturated heterocycles. The molecular formula is C21H15N3O3. The normalized spacial score (nSPS) is 11.4. The lowest BCUT2D eigenvalue weighted by Crippen LogP contribution is -1.98. The summed E-state index contributed by atoms with van der Waals surface area (Å²) >= 11 is 0. The van der Waals surface area contributed by atoms with Crippen LogP contribution in [-0.4, -0.2) is 31.1 Å².